The maximum absolute atomic E-state index is 12.8. The lowest BCUT2D eigenvalue weighted by atomic mass is 10.1. The lowest BCUT2D eigenvalue weighted by Crippen LogP contribution is -2.20. The zero-order chi connectivity index (χ0) is 18.2. The Hall–Kier alpha value is -3.02. The summed E-state index contributed by atoms with van der Waals surface area (Å²) in [4.78, 5) is 23.6. The fourth-order valence-corrected chi connectivity index (χ4v) is 2.18. The molecule has 0 saturated heterocycles. The molecule has 6 heteroatoms. The van der Waals surface area contributed by atoms with Crippen LogP contribution in [0, 0.1) is 19.7 Å². The van der Waals surface area contributed by atoms with Gasteiger partial charge in [-0.15, -0.1) is 0 Å². The second kappa shape index (κ2) is 8.73. The quantitative estimate of drug-likeness (QED) is 0.625. The number of carbonyl (C=O) groups excluding carboxylic acids is 2. The van der Waals surface area contributed by atoms with Crippen LogP contribution in [0.15, 0.2) is 47.6 Å². The summed E-state index contributed by atoms with van der Waals surface area (Å²) in [5.74, 6) is -0.935. The summed E-state index contributed by atoms with van der Waals surface area (Å²) in [5.41, 5.74) is 5.84. The molecule has 0 heterocycles. The minimum absolute atomic E-state index is 0.0253. The number of aryl methyl sites for hydroxylation is 2. The number of hydrazone groups is 1. The molecule has 0 unspecified atom stereocenters. The summed E-state index contributed by atoms with van der Waals surface area (Å²) < 4.78 is 12.8. The van der Waals surface area contributed by atoms with Crippen LogP contribution in [0.1, 0.15) is 29.5 Å². The van der Waals surface area contributed by atoms with Crippen LogP contribution in [-0.2, 0) is 9.59 Å². The highest BCUT2D eigenvalue weighted by atomic mass is 19.1. The van der Waals surface area contributed by atoms with Gasteiger partial charge >= 0.3 is 0 Å². The molecule has 0 bridgehead atoms. The highest BCUT2D eigenvalue weighted by Gasteiger charge is 2.08. The predicted octanol–water partition coefficient (Wildman–Crippen LogP) is 3.31. The van der Waals surface area contributed by atoms with E-state index in [2.05, 4.69) is 15.8 Å². The van der Waals surface area contributed by atoms with E-state index in [1.165, 1.54) is 18.3 Å². The molecule has 0 aliphatic heterocycles. The van der Waals surface area contributed by atoms with E-state index >= 15 is 0 Å². The van der Waals surface area contributed by atoms with Gasteiger partial charge in [0.15, 0.2) is 0 Å². The number of rotatable bonds is 6. The first-order valence-electron chi connectivity index (χ1n) is 7.88. The van der Waals surface area contributed by atoms with E-state index in [-0.39, 0.29) is 30.5 Å². The van der Waals surface area contributed by atoms with Crippen LogP contribution < -0.4 is 10.7 Å². The Bertz CT molecular complexity index is 786. The summed E-state index contributed by atoms with van der Waals surface area (Å²) >= 11 is 0. The Morgan fingerprint density at radius 1 is 1.04 bits per heavy atom. The summed E-state index contributed by atoms with van der Waals surface area (Å²) in [6.45, 7) is 3.90. The van der Waals surface area contributed by atoms with Gasteiger partial charge in [-0.05, 0) is 43.2 Å². The van der Waals surface area contributed by atoms with Gasteiger partial charge in [-0.3, -0.25) is 9.59 Å². The number of benzene rings is 2. The molecule has 2 aromatic rings. The number of amides is 2. The number of nitrogens with one attached hydrogen (secondary N) is 2. The Labute approximate surface area is 145 Å². The lowest BCUT2D eigenvalue weighted by molar-refractivity contribution is -0.124. The Kier molecular flexibility index (Phi) is 6.39. The fraction of sp³-hybridized carbons (Fsp3) is 0.211. The Balaban J connectivity index is 1.75. The normalized spacial score (nSPS) is 10.7. The number of hydrogen-bond donors (Lipinski definition) is 2. The summed E-state index contributed by atoms with van der Waals surface area (Å²) in [6.07, 6.45) is 1.50. The second-order valence-electron chi connectivity index (χ2n) is 5.71. The van der Waals surface area contributed by atoms with Crippen LogP contribution in [0.4, 0.5) is 10.1 Å². The average Bonchev–Trinajstić information content (AvgIpc) is 2.57. The summed E-state index contributed by atoms with van der Waals surface area (Å²) in [6, 6.07) is 11.4. The van der Waals surface area contributed by atoms with Crippen molar-refractivity contribution in [3.05, 3.63) is 65.0 Å². The van der Waals surface area contributed by atoms with Crippen molar-refractivity contribution in [2.75, 3.05) is 5.32 Å². The molecule has 130 valence electrons. The first-order valence-corrected chi connectivity index (χ1v) is 7.88. The van der Waals surface area contributed by atoms with Gasteiger partial charge in [0.25, 0.3) is 0 Å². The van der Waals surface area contributed by atoms with Gasteiger partial charge in [0.1, 0.15) is 5.82 Å². The molecule has 2 N–H and O–H groups in total. The molecule has 0 atom stereocenters. The van der Waals surface area contributed by atoms with Gasteiger partial charge in [0, 0.05) is 18.5 Å². The van der Waals surface area contributed by atoms with E-state index < -0.39 is 0 Å². The lowest BCUT2D eigenvalue weighted by Gasteiger charge is -2.08. The van der Waals surface area contributed by atoms with Crippen molar-refractivity contribution in [3.63, 3.8) is 0 Å². The highest BCUT2D eigenvalue weighted by Crippen LogP contribution is 2.16. The zero-order valence-corrected chi connectivity index (χ0v) is 14.2. The van der Waals surface area contributed by atoms with Gasteiger partial charge < -0.3 is 5.32 Å². The average molecular weight is 341 g/mol. The van der Waals surface area contributed by atoms with E-state index in [9.17, 15) is 14.0 Å². The van der Waals surface area contributed by atoms with Crippen LogP contribution in [0.5, 0.6) is 0 Å². The minimum Gasteiger partial charge on any atom is -0.326 e. The van der Waals surface area contributed by atoms with E-state index in [0.717, 1.165) is 16.8 Å². The van der Waals surface area contributed by atoms with E-state index in [4.69, 9.17) is 0 Å². The number of nitrogens with zero attached hydrogens (tertiary/aromatic N) is 1. The molecular formula is C19H20FN3O2. The molecule has 2 amide bonds. The monoisotopic (exact) mass is 341 g/mol. The third-order valence-electron chi connectivity index (χ3n) is 3.51. The maximum atomic E-state index is 12.8. The van der Waals surface area contributed by atoms with Crippen molar-refractivity contribution in [3.8, 4) is 0 Å². The fourth-order valence-electron chi connectivity index (χ4n) is 2.18. The van der Waals surface area contributed by atoms with Gasteiger partial charge in [0.2, 0.25) is 11.8 Å². The van der Waals surface area contributed by atoms with Crippen molar-refractivity contribution in [2.24, 2.45) is 5.10 Å². The number of carbonyl (C=O) groups is 2. The molecule has 0 radical (unpaired) electrons. The zero-order valence-electron chi connectivity index (χ0n) is 14.2. The third-order valence-corrected chi connectivity index (χ3v) is 3.51. The molecule has 0 saturated carbocycles. The smallest absolute Gasteiger partial charge is 0.240 e. The Morgan fingerprint density at radius 3 is 2.40 bits per heavy atom. The summed E-state index contributed by atoms with van der Waals surface area (Å²) in [7, 11) is 0. The molecule has 0 aromatic heterocycles. The number of halogens is 1. The predicted molar refractivity (Wildman–Crippen MR) is 95.9 cm³/mol. The first kappa shape index (κ1) is 18.3. The minimum atomic E-state index is -0.367. The number of anilines is 1. The first-order chi connectivity index (χ1) is 11.9. The van der Waals surface area contributed by atoms with Crippen molar-refractivity contribution in [1.82, 2.24) is 5.43 Å². The van der Waals surface area contributed by atoms with Crippen molar-refractivity contribution in [2.45, 2.75) is 26.7 Å². The Morgan fingerprint density at radius 2 is 1.72 bits per heavy atom. The van der Waals surface area contributed by atoms with Gasteiger partial charge in [0.05, 0.1) is 6.21 Å². The van der Waals surface area contributed by atoms with Crippen molar-refractivity contribution >= 4 is 23.7 Å². The molecule has 0 fully saturated rings. The van der Waals surface area contributed by atoms with Crippen LogP contribution in [0.2, 0.25) is 0 Å². The highest BCUT2D eigenvalue weighted by molar-refractivity contribution is 5.94. The largest absolute Gasteiger partial charge is 0.326 e. The van der Waals surface area contributed by atoms with Crippen LogP contribution in [-0.4, -0.2) is 18.0 Å². The molecule has 5 nitrogen and oxygen atoms in total. The van der Waals surface area contributed by atoms with Crippen molar-refractivity contribution in [1.29, 1.82) is 0 Å². The molecule has 2 rings (SSSR count). The summed E-state index contributed by atoms with van der Waals surface area (Å²) in [5, 5.41) is 6.57. The van der Waals surface area contributed by atoms with E-state index in [1.807, 2.05) is 32.0 Å². The van der Waals surface area contributed by atoms with Gasteiger partial charge in [-0.2, -0.15) is 5.10 Å². The molecular weight excluding hydrogens is 321 g/mol. The number of hydrogen-bond acceptors (Lipinski definition) is 3. The standard InChI is InChI=1S/C19H20FN3O2/c1-13-3-8-17(14(2)11-13)22-18(24)9-10-19(25)23-21-12-15-4-6-16(20)7-5-15/h3-8,11-12H,9-10H2,1-2H3,(H,22,24)(H,23,25)/b21-12-. The second-order valence-corrected chi connectivity index (χ2v) is 5.71. The van der Waals surface area contributed by atoms with Gasteiger partial charge in [-0.1, -0.05) is 29.8 Å². The van der Waals surface area contributed by atoms with Crippen LogP contribution in [0.3, 0.4) is 0 Å². The van der Waals surface area contributed by atoms with E-state index in [1.54, 1.807) is 12.1 Å². The molecule has 0 aliphatic carbocycles. The molecule has 0 spiro atoms. The van der Waals surface area contributed by atoms with Gasteiger partial charge in [-0.25, -0.2) is 9.82 Å². The third kappa shape index (κ3) is 6.18. The maximum Gasteiger partial charge on any atom is 0.240 e. The SMILES string of the molecule is Cc1ccc(NC(=O)CCC(=O)N/N=C\c2ccc(F)cc2)c(C)c1. The van der Waals surface area contributed by atoms with E-state index in [0.29, 0.717) is 5.56 Å². The molecule has 0 aliphatic rings. The topological polar surface area (TPSA) is 70.6 Å². The molecule has 2 aromatic carbocycles. The van der Waals surface area contributed by atoms with Crippen molar-refractivity contribution < 1.29 is 14.0 Å². The molecule has 25 heavy (non-hydrogen) atoms. The van der Waals surface area contributed by atoms with Crippen LogP contribution in [0.25, 0.3) is 0 Å². The van der Waals surface area contributed by atoms with Crippen LogP contribution >= 0.6 is 0 Å².